The van der Waals surface area contributed by atoms with Gasteiger partial charge in [0.25, 0.3) is 0 Å². The third-order valence-corrected chi connectivity index (χ3v) is 5.85. The monoisotopic (exact) mass is 330 g/mol. The second kappa shape index (κ2) is 9.09. The zero-order chi connectivity index (χ0) is 15.8. The fourth-order valence-corrected chi connectivity index (χ4v) is 4.24. The minimum absolute atomic E-state index is 0.261. The molecule has 116 valence electrons. The van der Waals surface area contributed by atoms with Crippen molar-refractivity contribution in [3.63, 3.8) is 0 Å². The number of thioether (sulfide) groups is 2. The maximum absolute atomic E-state index is 9.96. The van der Waals surface area contributed by atoms with Crippen LogP contribution < -0.4 is 0 Å². The van der Waals surface area contributed by atoms with Crippen LogP contribution in [0.25, 0.3) is 0 Å². The zero-order valence-corrected chi connectivity index (χ0v) is 14.7. The Hall–Kier alpha value is -1.16. The lowest BCUT2D eigenvalue weighted by Crippen LogP contribution is -2.04. The normalized spacial score (nSPS) is 12.0. The van der Waals surface area contributed by atoms with Gasteiger partial charge in [-0.05, 0) is 44.0 Å². The SMILES string of the molecule is CC[C@@H](O)CC(C)=C(Sc1ccccc1)Sc1ccccc1. The Balaban J connectivity index is 2.21. The number of benzene rings is 2. The molecule has 0 aliphatic carbocycles. The molecule has 2 rings (SSSR count). The second-order valence-corrected chi connectivity index (χ2v) is 7.59. The molecule has 22 heavy (non-hydrogen) atoms. The average Bonchev–Trinajstić information content (AvgIpc) is 2.56. The smallest absolute Gasteiger partial charge is 0.0575 e. The molecule has 2 aromatic carbocycles. The lowest BCUT2D eigenvalue weighted by molar-refractivity contribution is 0.170. The highest BCUT2D eigenvalue weighted by Gasteiger charge is 2.11. The van der Waals surface area contributed by atoms with E-state index in [4.69, 9.17) is 0 Å². The van der Waals surface area contributed by atoms with Gasteiger partial charge in [0.1, 0.15) is 0 Å². The molecule has 0 heterocycles. The fraction of sp³-hybridized carbons (Fsp3) is 0.263. The standard InChI is InChI=1S/C19H22OS2/c1-3-16(20)14-15(2)19(21-17-10-6-4-7-11-17)22-18-12-8-5-9-13-18/h4-13,16,20H,3,14H2,1-2H3/t16-/m1/s1. The Labute approximate surface area is 141 Å². The summed E-state index contributed by atoms with van der Waals surface area (Å²) in [5, 5.41) is 9.96. The van der Waals surface area contributed by atoms with Gasteiger partial charge in [-0.15, -0.1) is 0 Å². The number of rotatable bonds is 7. The van der Waals surface area contributed by atoms with Gasteiger partial charge in [-0.25, -0.2) is 0 Å². The molecule has 0 saturated heterocycles. The molecule has 0 aliphatic rings. The minimum atomic E-state index is -0.261. The first-order valence-corrected chi connectivity index (χ1v) is 9.16. The molecule has 1 atom stereocenters. The first-order chi connectivity index (χ1) is 10.7. The summed E-state index contributed by atoms with van der Waals surface area (Å²) < 4.78 is 1.25. The van der Waals surface area contributed by atoms with Crippen LogP contribution in [0, 0.1) is 0 Å². The van der Waals surface area contributed by atoms with E-state index in [0.717, 1.165) is 12.8 Å². The van der Waals surface area contributed by atoms with Crippen molar-refractivity contribution < 1.29 is 5.11 Å². The highest BCUT2D eigenvalue weighted by atomic mass is 32.2. The summed E-state index contributed by atoms with van der Waals surface area (Å²) >= 11 is 3.55. The molecule has 0 fully saturated rings. The van der Waals surface area contributed by atoms with E-state index in [2.05, 4.69) is 55.5 Å². The van der Waals surface area contributed by atoms with Gasteiger partial charge in [0.05, 0.1) is 6.10 Å². The van der Waals surface area contributed by atoms with Crippen LogP contribution in [0.5, 0.6) is 0 Å². The Kier molecular flexibility index (Phi) is 7.10. The van der Waals surface area contributed by atoms with Crippen LogP contribution in [0.2, 0.25) is 0 Å². The minimum Gasteiger partial charge on any atom is -0.393 e. The van der Waals surface area contributed by atoms with Gasteiger partial charge < -0.3 is 5.11 Å². The summed E-state index contributed by atoms with van der Waals surface area (Å²) in [4.78, 5) is 2.46. The summed E-state index contributed by atoms with van der Waals surface area (Å²) in [5.41, 5.74) is 1.25. The van der Waals surface area contributed by atoms with Crippen molar-refractivity contribution in [2.45, 2.75) is 42.6 Å². The van der Waals surface area contributed by atoms with Gasteiger partial charge in [0.15, 0.2) is 0 Å². The predicted molar refractivity (Wildman–Crippen MR) is 98.2 cm³/mol. The van der Waals surface area contributed by atoms with Crippen molar-refractivity contribution in [1.82, 2.24) is 0 Å². The Bertz CT molecular complexity index is 550. The molecule has 1 nitrogen and oxygen atoms in total. The number of aliphatic hydroxyl groups excluding tert-OH is 1. The average molecular weight is 331 g/mol. The number of aliphatic hydroxyl groups is 1. The van der Waals surface area contributed by atoms with E-state index >= 15 is 0 Å². The van der Waals surface area contributed by atoms with Gasteiger partial charge in [-0.2, -0.15) is 0 Å². The molecule has 0 radical (unpaired) electrons. The van der Waals surface area contributed by atoms with Crippen molar-refractivity contribution in [2.75, 3.05) is 0 Å². The van der Waals surface area contributed by atoms with Crippen LogP contribution in [0.4, 0.5) is 0 Å². The summed E-state index contributed by atoms with van der Waals surface area (Å²) in [6.07, 6.45) is 1.25. The third kappa shape index (κ3) is 5.56. The fourth-order valence-electron chi connectivity index (χ4n) is 1.97. The van der Waals surface area contributed by atoms with Crippen molar-refractivity contribution in [1.29, 1.82) is 0 Å². The molecule has 0 unspecified atom stereocenters. The molecule has 0 saturated carbocycles. The Morgan fingerprint density at radius 1 is 0.909 bits per heavy atom. The van der Waals surface area contributed by atoms with Crippen LogP contribution in [0.15, 0.2) is 80.3 Å². The van der Waals surface area contributed by atoms with E-state index in [1.165, 1.54) is 19.6 Å². The first-order valence-electron chi connectivity index (χ1n) is 7.52. The summed E-state index contributed by atoms with van der Waals surface area (Å²) in [6.45, 7) is 4.15. The highest BCUT2D eigenvalue weighted by Crippen LogP contribution is 2.42. The molecular weight excluding hydrogens is 308 g/mol. The van der Waals surface area contributed by atoms with Crippen LogP contribution in [-0.4, -0.2) is 11.2 Å². The van der Waals surface area contributed by atoms with Gasteiger partial charge >= 0.3 is 0 Å². The first kappa shape index (κ1) is 17.2. The largest absolute Gasteiger partial charge is 0.393 e. The molecule has 3 heteroatoms. The van der Waals surface area contributed by atoms with E-state index in [0.29, 0.717) is 0 Å². The quantitative estimate of drug-likeness (QED) is 0.632. The van der Waals surface area contributed by atoms with Gasteiger partial charge in [0.2, 0.25) is 0 Å². The van der Waals surface area contributed by atoms with E-state index in [1.54, 1.807) is 23.5 Å². The van der Waals surface area contributed by atoms with E-state index in [1.807, 2.05) is 19.1 Å². The van der Waals surface area contributed by atoms with Crippen molar-refractivity contribution in [2.24, 2.45) is 0 Å². The highest BCUT2D eigenvalue weighted by molar-refractivity contribution is 8.22. The maximum atomic E-state index is 9.96. The van der Waals surface area contributed by atoms with Crippen LogP contribution in [0.1, 0.15) is 26.7 Å². The van der Waals surface area contributed by atoms with Crippen molar-refractivity contribution in [3.05, 3.63) is 70.5 Å². The maximum Gasteiger partial charge on any atom is 0.0575 e. The van der Waals surface area contributed by atoms with Crippen LogP contribution in [0.3, 0.4) is 0 Å². The molecular formula is C19H22OS2. The van der Waals surface area contributed by atoms with Crippen molar-refractivity contribution in [3.8, 4) is 0 Å². The van der Waals surface area contributed by atoms with Crippen LogP contribution >= 0.6 is 23.5 Å². The summed E-state index contributed by atoms with van der Waals surface area (Å²) in [5.74, 6) is 0. The molecule has 0 amide bonds. The number of hydrogen-bond donors (Lipinski definition) is 1. The van der Waals surface area contributed by atoms with Crippen LogP contribution in [-0.2, 0) is 0 Å². The lowest BCUT2D eigenvalue weighted by Gasteiger charge is -2.14. The predicted octanol–water partition coefficient (Wildman–Crippen LogP) is 5.96. The summed E-state index contributed by atoms with van der Waals surface area (Å²) in [6, 6.07) is 20.8. The second-order valence-electron chi connectivity index (χ2n) is 5.16. The van der Waals surface area contributed by atoms with Crippen molar-refractivity contribution >= 4 is 23.5 Å². The zero-order valence-electron chi connectivity index (χ0n) is 13.0. The van der Waals surface area contributed by atoms with E-state index < -0.39 is 0 Å². The molecule has 0 bridgehead atoms. The third-order valence-electron chi connectivity index (χ3n) is 3.27. The van der Waals surface area contributed by atoms with E-state index in [-0.39, 0.29) is 6.10 Å². The summed E-state index contributed by atoms with van der Waals surface area (Å²) in [7, 11) is 0. The van der Waals surface area contributed by atoms with Gasteiger partial charge in [-0.1, -0.05) is 72.4 Å². The van der Waals surface area contributed by atoms with E-state index in [9.17, 15) is 5.11 Å². The Morgan fingerprint density at radius 2 is 1.36 bits per heavy atom. The molecule has 0 spiro atoms. The topological polar surface area (TPSA) is 20.2 Å². The van der Waals surface area contributed by atoms with Gasteiger partial charge in [-0.3, -0.25) is 0 Å². The molecule has 0 aromatic heterocycles. The Morgan fingerprint density at radius 3 is 1.77 bits per heavy atom. The molecule has 1 N–H and O–H groups in total. The van der Waals surface area contributed by atoms with Gasteiger partial charge in [0, 0.05) is 14.0 Å². The molecule has 2 aromatic rings. The number of hydrogen-bond acceptors (Lipinski definition) is 3. The molecule has 0 aliphatic heterocycles. The lowest BCUT2D eigenvalue weighted by atomic mass is 10.1.